The molecule has 0 aliphatic heterocycles. The molecule has 0 saturated heterocycles. The van der Waals surface area contributed by atoms with E-state index >= 15 is 0 Å². The summed E-state index contributed by atoms with van der Waals surface area (Å²) in [6.07, 6.45) is 0. The SMILES string of the molecule is BO[CH]([Cu])c1ccccc1. The molecule has 0 bridgehead atoms. The maximum atomic E-state index is 5.13. The van der Waals surface area contributed by atoms with Crippen LogP contribution in [0.15, 0.2) is 30.3 Å². The fourth-order valence-corrected chi connectivity index (χ4v) is 0.907. The van der Waals surface area contributed by atoms with Crippen LogP contribution in [0.3, 0.4) is 0 Å². The molecule has 1 unspecified atom stereocenters. The van der Waals surface area contributed by atoms with Gasteiger partial charge in [-0.2, -0.15) is 0 Å². The quantitative estimate of drug-likeness (QED) is 0.615. The molecule has 0 amide bonds. The molecule has 0 aromatic heterocycles. The van der Waals surface area contributed by atoms with Gasteiger partial charge in [-0.15, -0.1) is 0 Å². The Morgan fingerprint density at radius 3 is 2.40 bits per heavy atom. The van der Waals surface area contributed by atoms with Crippen LogP contribution in [-0.2, 0) is 20.7 Å². The van der Waals surface area contributed by atoms with Crippen molar-refractivity contribution in [3.8, 4) is 0 Å². The van der Waals surface area contributed by atoms with Gasteiger partial charge in [-0.3, -0.25) is 0 Å². The van der Waals surface area contributed by atoms with E-state index in [0.29, 0.717) is 0 Å². The minimum absolute atomic E-state index is 0.228. The van der Waals surface area contributed by atoms with Crippen LogP contribution in [0.1, 0.15) is 10.6 Å². The molecule has 0 saturated carbocycles. The number of benzene rings is 1. The Bertz CT molecular complexity index is 190. The first-order chi connectivity index (χ1) is 4.84. The monoisotopic (exact) mass is 182 g/mol. The number of hydrogen-bond acceptors (Lipinski definition) is 1. The Morgan fingerprint density at radius 2 is 1.90 bits per heavy atom. The van der Waals surface area contributed by atoms with Crippen molar-refractivity contribution >= 4 is 8.05 Å². The average Bonchev–Trinajstić information content (AvgIpc) is 2.05. The molecule has 0 fully saturated rings. The summed E-state index contributed by atoms with van der Waals surface area (Å²) >= 11 is 5.13. The molecular weight excluding hydrogens is 174 g/mol. The molecule has 0 aliphatic rings. The molecule has 1 rings (SSSR count). The molecule has 1 atom stereocenters. The molecule has 1 aromatic carbocycles. The summed E-state index contributed by atoms with van der Waals surface area (Å²) in [7, 11) is 1.61. The topological polar surface area (TPSA) is 9.23 Å². The molecule has 56 valence electrons. The Hall–Kier alpha value is -0.236. The van der Waals surface area contributed by atoms with E-state index in [1.807, 2.05) is 30.3 Å². The first-order valence-electron chi connectivity index (χ1n) is 3.02. The average molecular weight is 182 g/mol. The zero-order chi connectivity index (χ0) is 7.40. The van der Waals surface area contributed by atoms with Crippen LogP contribution < -0.4 is 0 Å². The third-order valence-electron chi connectivity index (χ3n) is 1.23. The minimum atomic E-state index is -0.228. The van der Waals surface area contributed by atoms with Crippen molar-refractivity contribution < 1.29 is 20.7 Å². The molecule has 1 aromatic rings. The Kier molecular flexibility index (Phi) is 3.00. The van der Waals surface area contributed by atoms with Crippen molar-refractivity contribution in [2.24, 2.45) is 0 Å². The van der Waals surface area contributed by atoms with Crippen molar-refractivity contribution in [2.45, 2.75) is 5.00 Å². The summed E-state index contributed by atoms with van der Waals surface area (Å²) in [5.41, 5.74) is 1.03. The van der Waals surface area contributed by atoms with Crippen molar-refractivity contribution in [3.63, 3.8) is 0 Å². The Balaban J connectivity index is 2.75. The van der Waals surface area contributed by atoms with Gasteiger partial charge in [-0.1, -0.05) is 0 Å². The van der Waals surface area contributed by atoms with Crippen molar-refractivity contribution in [3.05, 3.63) is 35.9 Å². The zero-order valence-electron chi connectivity index (χ0n) is 5.67. The van der Waals surface area contributed by atoms with E-state index in [1.54, 1.807) is 8.05 Å². The van der Waals surface area contributed by atoms with Crippen LogP contribution in [0.25, 0.3) is 0 Å². The Morgan fingerprint density at radius 1 is 1.30 bits per heavy atom. The second-order valence-electron chi connectivity index (χ2n) is 1.92. The van der Waals surface area contributed by atoms with Gasteiger partial charge in [0.15, 0.2) is 0 Å². The number of hydrogen-bond donors (Lipinski definition) is 0. The second kappa shape index (κ2) is 3.82. The van der Waals surface area contributed by atoms with Crippen LogP contribution in [0.2, 0.25) is 0 Å². The van der Waals surface area contributed by atoms with Gasteiger partial charge < -0.3 is 0 Å². The van der Waals surface area contributed by atoms with E-state index in [0.717, 1.165) is 5.56 Å². The summed E-state index contributed by atoms with van der Waals surface area (Å²) in [6.45, 7) is 0. The molecule has 0 heterocycles. The van der Waals surface area contributed by atoms with Gasteiger partial charge in [0.05, 0.1) is 0 Å². The summed E-state index contributed by atoms with van der Waals surface area (Å²) in [5.74, 6) is 0. The maximum absolute atomic E-state index is 5.13. The second-order valence-corrected chi connectivity index (χ2v) is 2.42. The van der Waals surface area contributed by atoms with Gasteiger partial charge in [0.2, 0.25) is 0 Å². The Labute approximate surface area is 70.0 Å². The first-order valence-corrected chi connectivity index (χ1v) is 3.56. The van der Waals surface area contributed by atoms with Crippen molar-refractivity contribution in [1.29, 1.82) is 0 Å². The molecule has 0 N–H and O–H groups in total. The molecular formula is C7H8BCuO. The summed E-state index contributed by atoms with van der Waals surface area (Å²) in [4.78, 5) is 0. The van der Waals surface area contributed by atoms with E-state index in [9.17, 15) is 0 Å². The van der Waals surface area contributed by atoms with Gasteiger partial charge in [-0.25, -0.2) is 0 Å². The predicted octanol–water partition coefficient (Wildman–Crippen LogP) is 0.797. The van der Waals surface area contributed by atoms with Crippen LogP contribution in [0, 0.1) is 0 Å². The van der Waals surface area contributed by atoms with Crippen LogP contribution in [0.4, 0.5) is 0 Å². The normalized spacial score (nSPS) is 13.0. The van der Waals surface area contributed by atoms with Crippen molar-refractivity contribution in [2.75, 3.05) is 0 Å². The predicted molar refractivity (Wildman–Crippen MR) is 38.8 cm³/mol. The van der Waals surface area contributed by atoms with E-state index < -0.39 is 0 Å². The standard InChI is InChI=1S/C7H8BO.Cu/c8-9-6-7-4-2-1-3-5-7;/h1-6H,8H2;. The van der Waals surface area contributed by atoms with Gasteiger partial charge in [0, 0.05) is 0 Å². The van der Waals surface area contributed by atoms with Crippen LogP contribution in [-0.4, -0.2) is 8.05 Å². The van der Waals surface area contributed by atoms with Gasteiger partial charge in [0.1, 0.15) is 0 Å². The van der Waals surface area contributed by atoms with E-state index in [4.69, 9.17) is 20.7 Å². The molecule has 0 radical (unpaired) electrons. The zero-order valence-corrected chi connectivity index (χ0v) is 6.62. The summed E-state index contributed by atoms with van der Waals surface area (Å²) < 4.78 is 4.94. The fourth-order valence-electron chi connectivity index (χ4n) is 0.726. The van der Waals surface area contributed by atoms with Gasteiger partial charge >= 0.3 is 69.6 Å². The molecule has 3 heteroatoms. The van der Waals surface area contributed by atoms with Gasteiger partial charge in [0.25, 0.3) is 0 Å². The summed E-state index contributed by atoms with van der Waals surface area (Å²) in [5, 5.41) is -0.228. The third kappa shape index (κ3) is 1.88. The molecule has 0 spiro atoms. The third-order valence-corrected chi connectivity index (χ3v) is 1.76. The van der Waals surface area contributed by atoms with Gasteiger partial charge in [-0.05, 0) is 0 Å². The molecule has 10 heavy (non-hydrogen) atoms. The van der Waals surface area contributed by atoms with Crippen LogP contribution >= 0.6 is 0 Å². The fraction of sp³-hybridized carbons (Fsp3) is 0.143. The van der Waals surface area contributed by atoms with E-state index in [-0.39, 0.29) is 5.00 Å². The van der Waals surface area contributed by atoms with Crippen molar-refractivity contribution in [1.82, 2.24) is 0 Å². The first kappa shape index (κ1) is 7.87. The number of rotatable bonds is 2. The van der Waals surface area contributed by atoms with E-state index in [2.05, 4.69) is 0 Å². The summed E-state index contributed by atoms with van der Waals surface area (Å²) in [6, 6.07) is 9.76. The molecule has 0 aliphatic carbocycles. The molecule has 1 nitrogen and oxygen atoms in total. The van der Waals surface area contributed by atoms with E-state index in [1.165, 1.54) is 0 Å². The van der Waals surface area contributed by atoms with Crippen LogP contribution in [0.5, 0.6) is 0 Å².